The van der Waals surface area contributed by atoms with Crippen LogP contribution in [0.25, 0.3) is 0 Å². The van der Waals surface area contributed by atoms with Crippen molar-refractivity contribution in [3.05, 3.63) is 109 Å². The second-order valence-electron chi connectivity index (χ2n) is 8.35. The number of ether oxygens (including phenoxy) is 2. The van der Waals surface area contributed by atoms with Crippen LogP contribution in [0, 0.1) is 0 Å². The first-order valence-corrected chi connectivity index (χ1v) is 15.8. The molecular formula is C38H60O12. The highest BCUT2D eigenvalue weighted by Gasteiger charge is 1.96. The van der Waals surface area contributed by atoms with E-state index in [0.29, 0.717) is 31.7 Å². The predicted molar refractivity (Wildman–Crippen MR) is 198 cm³/mol. The van der Waals surface area contributed by atoms with Crippen LogP contribution in [0.3, 0.4) is 0 Å². The van der Waals surface area contributed by atoms with Gasteiger partial charge in [0.25, 0.3) is 32.4 Å². The normalized spacial score (nSPS) is 7.24. The van der Waals surface area contributed by atoms with Gasteiger partial charge in [-0.3, -0.25) is 24.0 Å². The summed E-state index contributed by atoms with van der Waals surface area (Å²) < 4.78 is 8.79. The molecule has 0 aliphatic heterocycles. The number of aromatic carboxylic acids is 1. The summed E-state index contributed by atoms with van der Waals surface area (Å²) >= 11 is 0. The number of carboxylic acid groups (broad SMARTS) is 4. The van der Waals surface area contributed by atoms with Crippen LogP contribution in [0.4, 0.5) is 0 Å². The monoisotopic (exact) mass is 708 g/mol. The van der Waals surface area contributed by atoms with Crippen LogP contribution in [-0.4, -0.2) is 72.0 Å². The number of hydrogen-bond acceptors (Lipinski definition) is 8. The number of carbonyl (C=O) groups excluding carboxylic acids is 2. The second kappa shape index (κ2) is 74.4. The molecule has 3 rings (SSSR count). The van der Waals surface area contributed by atoms with Crippen LogP contribution >= 0.6 is 0 Å². The molecule has 0 spiro atoms. The molecule has 0 saturated heterocycles. The average Bonchev–Trinajstić information content (AvgIpc) is 3.13. The van der Waals surface area contributed by atoms with Crippen molar-refractivity contribution in [2.75, 3.05) is 13.2 Å². The maximum Gasteiger partial charge on any atom is 0.335 e. The molecule has 0 aromatic heterocycles. The fourth-order valence-corrected chi connectivity index (χ4v) is 1.90. The Hall–Kier alpha value is -5.52. The number of carboxylic acids is 1. The van der Waals surface area contributed by atoms with E-state index in [9.17, 15) is 14.4 Å². The van der Waals surface area contributed by atoms with Gasteiger partial charge in [-0.2, -0.15) is 0 Å². The van der Waals surface area contributed by atoms with E-state index in [-0.39, 0.29) is 19.4 Å². The number of hydrogen-bond donors (Lipinski definition) is 4. The Balaban J connectivity index is -0.0000000846. The van der Waals surface area contributed by atoms with Gasteiger partial charge in [0.15, 0.2) is 0 Å². The Morgan fingerprint density at radius 2 is 0.700 bits per heavy atom. The quantitative estimate of drug-likeness (QED) is 0.122. The third kappa shape index (κ3) is 104. The largest absolute Gasteiger partial charge is 0.483 e. The lowest BCUT2D eigenvalue weighted by molar-refractivity contribution is -0.129. The molecule has 0 fully saturated rings. The van der Waals surface area contributed by atoms with Crippen LogP contribution in [0.15, 0.2) is 103 Å². The van der Waals surface area contributed by atoms with Crippen molar-refractivity contribution in [3.63, 3.8) is 0 Å². The summed E-state index contributed by atoms with van der Waals surface area (Å²) in [7, 11) is 0. The van der Waals surface area contributed by atoms with E-state index in [1.165, 1.54) is 12.8 Å². The van der Waals surface area contributed by atoms with Gasteiger partial charge in [-0.25, -0.2) is 4.79 Å². The minimum atomic E-state index is -0.879. The van der Waals surface area contributed by atoms with Crippen molar-refractivity contribution in [2.45, 2.75) is 80.1 Å². The molecule has 12 heteroatoms. The molecule has 0 saturated carbocycles. The Labute approximate surface area is 298 Å². The summed E-state index contributed by atoms with van der Waals surface area (Å²) in [6, 6.07) is 32.3. The molecule has 12 nitrogen and oxygen atoms in total. The van der Waals surface area contributed by atoms with E-state index in [0.717, 1.165) is 25.7 Å². The topological polar surface area (TPSA) is 202 Å². The van der Waals surface area contributed by atoms with Crippen LogP contribution in [0.2, 0.25) is 0 Å². The Morgan fingerprint density at radius 1 is 0.500 bits per heavy atom. The zero-order chi connectivity index (χ0) is 39.8. The maximum atomic E-state index is 10.2. The van der Waals surface area contributed by atoms with E-state index in [1.54, 1.807) is 30.3 Å². The van der Waals surface area contributed by atoms with Crippen molar-refractivity contribution < 1.29 is 58.7 Å². The van der Waals surface area contributed by atoms with Gasteiger partial charge in [-0.15, -0.1) is 0 Å². The first-order valence-electron chi connectivity index (χ1n) is 15.8. The molecule has 4 N–H and O–H groups in total. The van der Waals surface area contributed by atoms with Crippen molar-refractivity contribution in [1.82, 2.24) is 0 Å². The van der Waals surface area contributed by atoms with Crippen LogP contribution in [0.1, 0.15) is 90.4 Å². The molecular weight excluding hydrogens is 648 g/mol. The van der Waals surface area contributed by atoms with E-state index in [1.807, 2.05) is 86.6 Å². The zero-order valence-electron chi connectivity index (χ0n) is 30.4. The summed E-state index contributed by atoms with van der Waals surface area (Å²) in [6.07, 6.45) is 6.60. The highest BCUT2D eigenvalue weighted by atomic mass is 16.5. The molecule has 284 valence electrons. The fraction of sp³-hybridized carbons (Fsp3) is 0.368. The first kappa shape index (κ1) is 59.9. The second-order valence-corrected chi connectivity index (χ2v) is 8.35. The predicted octanol–water partition coefficient (Wildman–Crippen LogP) is 8.61. The van der Waals surface area contributed by atoms with Gasteiger partial charge in [0.05, 0.1) is 18.8 Å². The lowest BCUT2D eigenvalue weighted by Crippen LogP contribution is -1.93. The smallest absolute Gasteiger partial charge is 0.335 e. The van der Waals surface area contributed by atoms with Gasteiger partial charge < -0.3 is 29.9 Å². The molecule has 0 unspecified atom stereocenters. The Kier molecular flexibility index (Phi) is 89.0. The maximum absolute atomic E-state index is 10.2. The van der Waals surface area contributed by atoms with Crippen molar-refractivity contribution in [3.8, 4) is 0 Å². The molecule has 0 atom stereocenters. The molecule has 3 aromatic carbocycles. The van der Waals surface area contributed by atoms with Gasteiger partial charge in [-0.05, 0) is 25.0 Å². The van der Waals surface area contributed by atoms with Gasteiger partial charge in [0.2, 0.25) is 0 Å². The van der Waals surface area contributed by atoms with Crippen LogP contribution in [0.5, 0.6) is 0 Å². The molecule has 50 heavy (non-hydrogen) atoms. The van der Waals surface area contributed by atoms with Crippen molar-refractivity contribution in [2.24, 2.45) is 0 Å². The number of unbranched alkanes of at least 4 members (excludes halogenated alkanes) is 2. The molecule has 0 amide bonds. The number of carbonyl (C=O) groups is 6. The summed E-state index contributed by atoms with van der Waals surface area (Å²) in [5.41, 5.74) is 0.331. The van der Waals surface area contributed by atoms with E-state index < -0.39 is 5.97 Å². The molecule has 3 aromatic rings. The zero-order valence-corrected chi connectivity index (χ0v) is 30.4. The van der Waals surface area contributed by atoms with Gasteiger partial charge in [0.1, 0.15) is 0 Å². The van der Waals surface area contributed by atoms with Gasteiger partial charge in [0, 0.05) is 0 Å². The molecule has 0 bridgehead atoms. The van der Waals surface area contributed by atoms with Crippen molar-refractivity contribution in [1.29, 1.82) is 0 Å². The van der Waals surface area contributed by atoms with E-state index >= 15 is 0 Å². The van der Waals surface area contributed by atoms with E-state index in [4.69, 9.17) is 34.8 Å². The molecule has 0 aliphatic rings. The van der Waals surface area contributed by atoms with Crippen LogP contribution < -0.4 is 0 Å². The molecule has 0 aliphatic carbocycles. The van der Waals surface area contributed by atoms with Gasteiger partial charge in [-0.1, -0.05) is 158 Å². The summed E-state index contributed by atoms with van der Waals surface area (Å²) in [6.45, 7) is 14.0. The number of rotatable bonds is 9. The fourth-order valence-electron chi connectivity index (χ4n) is 1.90. The SMILES string of the molecule is CCC.CCC.CCCCOC=O.CCCCOC=O.O=C(O)c1ccccc1.O=CO.O=CO.O=CO.c1ccccc1.c1ccccc1. The Bertz CT molecular complexity index is 860. The summed E-state index contributed by atoms with van der Waals surface area (Å²) in [5, 5.41) is 29.1. The molecule has 0 heterocycles. The molecule has 0 radical (unpaired) electrons. The lowest BCUT2D eigenvalue weighted by atomic mass is 10.2. The van der Waals surface area contributed by atoms with Crippen molar-refractivity contribution >= 4 is 38.3 Å². The third-order valence-corrected chi connectivity index (χ3v) is 3.72. The standard InChI is InChI=1S/C7H6O2.2C6H6.2C5H10O2.2C3H8.3CH2O2/c8-7(9)6-4-2-1-3-5-6;2*1-2-4-6-5-3-1;2*1-2-3-4-7-5-6;2*1-3-2;3*2-1-3/h1-5H,(H,8,9);2*1-6H;2*5H,2-4H2,1H3;2*3H2,1-2H3;3*1H,(H,2,3). The minimum Gasteiger partial charge on any atom is -0.483 e. The third-order valence-electron chi connectivity index (χ3n) is 3.72. The highest BCUT2D eigenvalue weighted by molar-refractivity contribution is 5.87. The first-order chi connectivity index (χ1) is 24.2. The highest BCUT2D eigenvalue weighted by Crippen LogP contribution is 1.96. The minimum absolute atomic E-state index is 0.250. The lowest BCUT2D eigenvalue weighted by Gasteiger charge is -1.90. The summed E-state index contributed by atoms with van der Waals surface area (Å²) in [5.74, 6) is -0.879. The number of benzene rings is 3. The van der Waals surface area contributed by atoms with E-state index in [2.05, 4.69) is 37.2 Å². The average molecular weight is 709 g/mol. The Morgan fingerprint density at radius 3 is 0.840 bits per heavy atom. The van der Waals surface area contributed by atoms with Gasteiger partial charge >= 0.3 is 5.97 Å². The summed E-state index contributed by atoms with van der Waals surface area (Å²) in [4.78, 5) is 54.2. The van der Waals surface area contributed by atoms with Crippen LogP contribution in [-0.2, 0) is 33.4 Å².